The van der Waals surface area contributed by atoms with Gasteiger partial charge in [0.15, 0.2) is 0 Å². The summed E-state index contributed by atoms with van der Waals surface area (Å²) in [6, 6.07) is 2.75. The first-order valence-corrected chi connectivity index (χ1v) is 14.9. The van der Waals surface area contributed by atoms with Crippen molar-refractivity contribution in [1.29, 1.82) is 0 Å². The van der Waals surface area contributed by atoms with Gasteiger partial charge in [-0.15, -0.1) is 11.3 Å². The molecule has 4 heterocycles. The molecule has 1 aromatic rings. The Balaban J connectivity index is 1.17. The lowest BCUT2D eigenvalue weighted by Crippen LogP contribution is -2.56. The predicted molar refractivity (Wildman–Crippen MR) is 134 cm³/mol. The van der Waals surface area contributed by atoms with Crippen molar-refractivity contribution in [3.8, 4) is 0 Å². The maximum atomic E-state index is 13.3. The van der Waals surface area contributed by atoms with E-state index < -0.39 is 16.1 Å². The first-order chi connectivity index (χ1) is 16.8. The molecule has 0 bridgehead atoms. The number of ether oxygens (including phenoxy) is 1. The third kappa shape index (κ3) is 6.08. The fourth-order valence-corrected chi connectivity index (χ4v) is 7.48. The number of fused-ring (bicyclic) bond motifs is 1. The number of rotatable bonds is 8. The summed E-state index contributed by atoms with van der Waals surface area (Å²) < 4.78 is 33.6. The summed E-state index contributed by atoms with van der Waals surface area (Å²) in [5, 5.41) is 1.05. The zero-order valence-electron chi connectivity index (χ0n) is 19.5. The molecule has 192 valence electrons. The zero-order valence-corrected chi connectivity index (χ0v) is 21.9. The highest BCUT2D eigenvalue weighted by Crippen LogP contribution is 2.49. The molecule has 12 heteroatoms. The Morgan fingerprint density at radius 2 is 2.06 bits per heavy atom. The Hall–Kier alpha value is -1.50. The van der Waals surface area contributed by atoms with Gasteiger partial charge in [-0.25, -0.2) is 8.42 Å². The maximum absolute atomic E-state index is 13.3. The lowest BCUT2D eigenvalue weighted by molar-refractivity contribution is -0.144. The number of nitrogens with zero attached hydrogens (tertiary/aromatic N) is 3. The molecule has 3 saturated heterocycles. The summed E-state index contributed by atoms with van der Waals surface area (Å²) in [4.78, 5) is 32.9. The van der Waals surface area contributed by atoms with E-state index in [0.29, 0.717) is 40.4 Å². The van der Waals surface area contributed by atoms with Gasteiger partial charge in [-0.2, -0.15) is 4.72 Å². The molecule has 0 radical (unpaired) electrons. The van der Waals surface area contributed by atoms with Gasteiger partial charge >= 0.3 is 0 Å². The Morgan fingerprint density at radius 3 is 2.80 bits per heavy atom. The first kappa shape index (κ1) is 25.2. The minimum Gasteiger partial charge on any atom is -0.379 e. The van der Waals surface area contributed by atoms with Gasteiger partial charge in [0.25, 0.3) is 0 Å². The molecule has 4 atom stereocenters. The monoisotopic (exact) mass is 542 g/mol. The van der Waals surface area contributed by atoms with Crippen LogP contribution in [0, 0.1) is 11.8 Å². The zero-order chi connectivity index (χ0) is 24.6. The largest absolute Gasteiger partial charge is 0.379 e. The highest BCUT2D eigenvalue weighted by Gasteiger charge is 2.54. The van der Waals surface area contributed by atoms with E-state index in [0.717, 1.165) is 44.8 Å². The molecule has 4 aliphatic rings. The maximum Gasteiger partial charge on any atom is 0.242 e. The normalized spacial score (nSPS) is 29.7. The quantitative estimate of drug-likeness (QED) is 0.534. The number of nitrogens with one attached hydrogen (secondary N) is 1. The summed E-state index contributed by atoms with van der Waals surface area (Å²) in [6.45, 7) is 5.30. The lowest BCUT2D eigenvalue weighted by Gasteiger charge is -2.37. The number of hydrogen-bond acceptors (Lipinski definition) is 7. The molecule has 1 aromatic heterocycles. The smallest absolute Gasteiger partial charge is 0.242 e. The molecular formula is C23H31ClN4O5S2. The van der Waals surface area contributed by atoms with Crippen molar-refractivity contribution >= 4 is 50.9 Å². The van der Waals surface area contributed by atoms with E-state index in [-0.39, 0.29) is 24.4 Å². The summed E-state index contributed by atoms with van der Waals surface area (Å²) >= 11 is 7.16. The Labute approximate surface area is 215 Å². The highest BCUT2D eigenvalue weighted by atomic mass is 35.5. The average molecular weight is 543 g/mol. The van der Waals surface area contributed by atoms with Gasteiger partial charge in [0.1, 0.15) is 6.04 Å². The van der Waals surface area contributed by atoms with E-state index in [1.165, 1.54) is 28.7 Å². The molecular weight excluding hydrogens is 512 g/mol. The molecule has 2 amide bonds. The van der Waals surface area contributed by atoms with Crippen LogP contribution in [-0.2, 0) is 24.3 Å². The van der Waals surface area contributed by atoms with Gasteiger partial charge in [-0.3, -0.25) is 14.5 Å². The molecule has 1 N–H and O–H groups in total. The number of likely N-dealkylation sites (tertiary alicyclic amines) is 2. The van der Waals surface area contributed by atoms with Gasteiger partial charge in [-0.05, 0) is 49.3 Å². The number of sulfonamides is 1. The van der Waals surface area contributed by atoms with E-state index in [9.17, 15) is 18.0 Å². The van der Waals surface area contributed by atoms with Crippen LogP contribution in [0.2, 0.25) is 4.34 Å². The summed E-state index contributed by atoms with van der Waals surface area (Å²) in [6.07, 6.45) is 3.69. The van der Waals surface area contributed by atoms with Gasteiger partial charge in [0.05, 0.1) is 24.1 Å². The van der Waals surface area contributed by atoms with Gasteiger partial charge in [-0.1, -0.05) is 11.6 Å². The van der Waals surface area contributed by atoms with Crippen molar-refractivity contribution < 1.29 is 22.7 Å². The Morgan fingerprint density at radius 1 is 1.26 bits per heavy atom. The molecule has 0 aromatic carbocycles. The van der Waals surface area contributed by atoms with Crippen LogP contribution in [0.25, 0.3) is 6.08 Å². The first-order valence-electron chi connectivity index (χ1n) is 12.1. The minimum atomic E-state index is -3.82. The van der Waals surface area contributed by atoms with Crippen LogP contribution in [0.3, 0.4) is 0 Å². The number of carbonyl (C=O) groups excluding carboxylic acids is 2. The molecule has 0 spiro atoms. The molecule has 9 nitrogen and oxygen atoms in total. The van der Waals surface area contributed by atoms with Crippen LogP contribution in [0.5, 0.6) is 0 Å². The molecule has 5 rings (SSSR count). The predicted octanol–water partition coefficient (Wildman–Crippen LogP) is 1.46. The Bertz CT molecular complexity index is 1090. The van der Waals surface area contributed by atoms with Gasteiger partial charge < -0.3 is 14.5 Å². The second-order valence-corrected chi connectivity index (χ2v) is 13.1. The number of morpholine rings is 1. The minimum absolute atomic E-state index is 0.000351. The standard InChI is InChI=1S/C23H31ClN4O5S2/c24-21-4-3-17(34-21)5-11-35(31,32)25-19-2-1-6-27(23(19)30)15-22(29)28-13-16-12-18(16)20(28)14-26-7-9-33-10-8-26/h3-5,11,16,18-20,25H,1-2,6-10,12-15H2/b11-5+/t16?,18?,19-,20?/m0/s1. The van der Waals surface area contributed by atoms with Crippen LogP contribution in [0.1, 0.15) is 24.1 Å². The number of halogens is 1. The van der Waals surface area contributed by atoms with Crippen molar-refractivity contribution in [3.63, 3.8) is 0 Å². The van der Waals surface area contributed by atoms with Gasteiger partial charge in [0, 0.05) is 49.1 Å². The third-order valence-corrected chi connectivity index (χ3v) is 9.64. The van der Waals surface area contributed by atoms with Crippen molar-refractivity contribution in [2.45, 2.75) is 31.3 Å². The van der Waals surface area contributed by atoms with Crippen LogP contribution in [0.15, 0.2) is 17.5 Å². The fraction of sp³-hybridized carbons (Fsp3) is 0.652. The average Bonchev–Trinajstić information content (AvgIpc) is 3.33. The van der Waals surface area contributed by atoms with Gasteiger partial charge in [0.2, 0.25) is 21.8 Å². The molecule has 1 aliphatic carbocycles. The molecule has 1 saturated carbocycles. The van der Waals surface area contributed by atoms with Crippen LogP contribution >= 0.6 is 22.9 Å². The number of carbonyl (C=O) groups is 2. The SMILES string of the molecule is O=C1[C@@H](NS(=O)(=O)/C=C/c2ccc(Cl)s2)CCCN1CC(=O)N1CC2CC2C1CN1CCOCC1. The fourth-order valence-electron chi connectivity index (χ4n) is 5.41. The van der Waals surface area contributed by atoms with Crippen molar-refractivity contribution in [1.82, 2.24) is 19.4 Å². The topological polar surface area (TPSA) is 99.3 Å². The molecule has 3 unspecified atom stereocenters. The Kier molecular flexibility index (Phi) is 7.53. The van der Waals surface area contributed by atoms with Crippen LogP contribution in [0.4, 0.5) is 0 Å². The third-order valence-electron chi connectivity index (χ3n) is 7.34. The molecule has 3 aliphatic heterocycles. The van der Waals surface area contributed by atoms with Crippen molar-refractivity contribution in [3.05, 3.63) is 26.8 Å². The lowest BCUT2D eigenvalue weighted by atomic mass is 10.1. The van der Waals surface area contributed by atoms with Crippen molar-refractivity contribution in [2.24, 2.45) is 11.8 Å². The summed E-state index contributed by atoms with van der Waals surface area (Å²) in [7, 11) is -3.82. The second-order valence-electron chi connectivity index (χ2n) is 9.75. The van der Waals surface area contributed by atoms with E-state index in [4.69, 9.17) is 16.3 Å². The molecule has 35 heavy (non-hydrogen) atoms. The second kappa shape index (κ2) is 10.5. The van der Waals surface area contributed by atoms with E-state index in [2.05, 4.69) is 9.62 Å². The highest BCUT2D eigenvalue weighted by molar-refractivity contribution is 7.92. The van der Waals surface area contributed by atoms with Crippen LogP contribution < -0.4 is 4.72 Å². The summed E-state index contributed by atoms with van der Waals surface area (Å²) in [5.41, 5.74) is 0. The summed E-state index contributed by atoms with van der Waals surface area (Å²) in [5.74, 6) is 0.756. The van der Waals surface area contributed by atoms with Crippen molar-refractivity contribution in [2.75, 3.05) is 52.5 Å². The van der Waals surface area contributed by atoms with E-state index in [1.54, 1.807) is 12.1 Å². The number of piperidine rings is 2. The van der Waals surface area contributed by atoms with Crippen LogP contribution in [-0.4, -0.2) is 99.5 Å². The number of hydrogen-bond donors (Lipinski definition) is 1. The van der Waals surface area contributed by atoms with E-state index >= 15 is 0 Å². The van der Waals surface area contributed by atoms with E-state index in [1.807, 2.05) is 4.90 Å². The number of thiophene rings is 1. The molecule has 4 fully saturated rings. The number of amides is 2.